The molecule has 0 amide bonds. The number of aliphatic hydroxyl groups is 1. The summed E-state index contributed by atoms with van der Waals surface area (Å²) in [6.07, 6.45) is 1.69. The minimum Gasteiger partial charge on any atom is -0.394 e. The van der Waals surface area contributed by atoms with Crippen LogP contribution < -0.4 is 10.6 Å². The molecule has 0 spiro atoms. The van der Waals surface area contributed by atoms with E-state index in [1.807, 2.05) is 25.1 Å². The fraction of sp³-hybridized carbons (Fsp3) is 0.211. The molecular weight excluding hydrogens is 333 g/mol. The number of hydrogen-bond donors (Lipinski definition) is 3. The first-order valence-corrected chi connectivity index (χ1v) is 8.27. The second kappa shape index (κ2) is 7.88. The molecule has 0 saturated carbocycles. The van der Waals surface area contributed by atoms with E-state index in [1.54, 1.807) is 31.3 Å². The van der Waals surface area contributed by atoms with Crippen molar-refractivity contribution in [1.82, 2.24) is 15.0 Å². The fourth-order valence-corrected chi connectivity index (χ4v) is 2.37. The van der Waals surface area contributed by atoms with Gasteiger partial charge in [-0.15, -0.1) is 0 Å². The zero-order valence-corrected chi connectivity index (χ0v) is 14.6. The lowest BCUT2D eigenvalue weighted by Gasteiger charge is -2.15. The highest BCUT2D eigenvalue weighted by molar-refractivity contribution is 5.66. The minimum atomic E-state index is -0.291. The molecule has 6 nitrogen and oxygen atoms in total. The van der Waals surface area contributed by atoms with Crippen molar-refractivity contribution >= 4 is 17.5 Å². The number of halogens is 1. The second-order valence-electron chi connectivity index (χ2n) is 5.94. The van der Waals surface area contributed by atoms with Gasteiger partial charge in [-0.05, 0) is 38.1 Å². The molecule has 0 aliphatic heterocycles. The number of nitrogens with one attached hydrogen (secondary N) is 2. The molecule has 0 radical (unpaired) electrons. The first-order chi connectivity index (χ1) is 12.6. The van der Waals surface area contributed by atoms with Gasteiger partial charge >= 0.3 is 0 Å². The molecule has 3 N–H and O–H groups in total. The monoisotopic (exact) mass is 353 g/mol. The number of rotatable bonds is 6. The van der Waals surface area contributed by atoms with E-state index in [0.29, 0.717) is 34.4 Å². The number of benzene rings is 1. The molecule has 0 fully saturated rings. The van der Waals surface area contributed by atoms with Gasteiger partial charge in [0.05, 0.1) is 18.0 Å². The molecule has 0 saturated heterocycles. The number of hydrogen-bond acceptors (Lipinski definition) is 6. The van der Waals surface area contributed by atoms with Crippen molar-refractivity contribution in [1.29, 1.82) is 0 Å². The predicted octanol–water partition coefficient (Wildman–Crippen LogP) is 3.52. The van der Waals surface area contributed by atoms with E-state index in [2.05, 4.69) is 25.6 Å². The zero-order chi connectivity index (χ0) is 18.5. The van der Waals surface area contributed by atoms with E-state index in [9.17, 15) is 9.50 Å². The van der Waals surface area contributed by atoms with Crippen LogP contribution in [0.1, 0.15) is 12.5 Å². The number of nitrogens with zero attached hydrogens (tertiary/aromatic N) is 3. The number of aromatic nitrogens is 3. The highest BCUT2D eigenvalue weighted by Gasteiger charge is 2.11. The van der Waals surface area contributed by atoms with Crippen molar-refractivity contribution < 1.29 is 9.50 Å². The van der Waals surface area contributed by atoms with E-state index in [1.165, 1.54) is 6.07 Å². The van der Waals surface area contributed by atoms with Gasteiger partial charge < -0.3 is 15.7 Å². The Hall–Kier alpha value is -3.06. The Morgan fingerprint density at radius 2 is 1.96 bits per heavy atom. The fourth-order valence-electron chi connectivity index (χ4n) is 2.37. The van der Waals surface area contributed by atoms with Gasteiger partial charge in [0.15, 0.2) is 0 Å². The van der Waals surface area contributed by atoms with Crippen molar-refractivity contribution in [3.05, 3.63) is 60.0 Å². The molecule has 3 aromatic rings. The van der Waals surface area contributed by atoms with Crippen LogP contribution in [0, 0.1) is 12.7 Å². The number of anilines is 3. The Morgan fingerprint density at radius 1 is 1.12 bits per heavy atom. The third kappa shape index (κ3) is 4.12. The third-order valence-corrected chi connectivity index (χ3v) is 3.83. The molecular formula is C19H20FN5O. The molecule has 7 heteroatoms. The first kappa shape index (κ1) is 17.8. The molecule has 2 heterocycles. The summed E-state index contributed by atoms with van der Waals surface area (Å²) in [5, 5.41) is 15.4. The van der Waals surface area contributed by atoms with Crippen molar-refractivity contribution in [3.63, 3.8) is 0 Å². The average molecular weight is 353 g/mol. The molecule has 0 aliphatic rings. The predicted molar refractivity (Wildman–Crippen MR) is 99.9 cm³/mol. The average Bonchev–Trinajstić information content (AvgIpc) is 2.66. The minimum absolute atomic E-state index is 0.0526. The standard InChI is InChI=1S/C19H20FN5O/c1-12(11-26)22-19-24-17(16-7-3-4-9-21-16)10-18(25-19)23-15-8-5-6-14(20)13(15)2/h3-10,12,26H,11H2,1-2H3,(H2,22,23,24,25)/t12-/m1/s1. The van der Waals surface area contributed by atoms with E-state index in [4.69, 9.17) is 0 Å². The largest absolute Gasteiger partial charge is 0.394 e. The van der Waals surface area contributed by atoms with Crippen molar-refractivity contribution in [2.45, 2.75) is 19.9 Å². The van der Waals surface area contributed by atoms with Crippen LogP contribution in [0.4, 0.5) is 21.8 Å². The van der Waals surface area contributed by atoms with Gasteiger partial charge in [-0.25, -0.2) is 9.37 Å². The van der Waals surface area contributed by atoms with Crippen LogP contribution in [0.5, 0.6) is 0 Å². The molecule has 1 aromatic carbocycles. The number of aliphatic hydroxyl groups excluding tert-OH is 1. The molecule has 134 valence electrons. The van der Waals surface area contributed by atoms with Crippen LogP contribution >= 0.6 is 0 Å². The molecule has 2 aromatic heterocycles. The molecule has 0 unspecified atom stereocenters. The Kier molecular flexibility index (Phi) is 5.38. The SMILES string of the molecule is Cc1c(F)cccc1Nc1cc(-c2ccccn2)nc(N[C@H](C)CO)n1. The van der Waals surface area contributed by atoms with Crippen molar-refractivity contribution in [2.24, 2.45) is 0 Å². The van der Waals surface area contributed by atoms with Crippen LogP contribution in [-0.2, 0) is 0 Å². The summed E-state index contributed by atoms with van der Waals surface area (Å²) < 4.78 is 13.8. The summed E-state index contributed by atoms with van der Waals surface area (Å²) in [6, 6.07) is 11.9. The summed E-state index contributed by atoms with van der Waals surface area (Å²) >= 11 is 0. The smallest absolute Gasteiger partial charge is 0.225 e. The van der Waals surface area contributed by atoms with Crippen molar-refractivity contribution in [3.8, 4) is 11.4 Å². The summed E-state index contributed by atoms with van der Waals surface area (Å²) in [7, 11) is 0. The maximum atomic E-state index is 13.8. The lowest BCUT2D eigenvalue weighted by Crippen LogP contribution is -2.21. The molecule has 0 bridgehead atoms. The Bertz CT molecular complexity index is 888. The van der Waals surface area contributed by atoms with Crippen LogP contribution in [0.15, 0.2) is 48.7 Å². The van der Waals surface area contributed by atoms with Gasteiger partial charge in [0.1, 0.15) is 11.6 Å². The van der Waals surface area contributed by atoms with Gasteiger partial charge in [-0.2, -0.15) is 4.98 Å². The van der Waals surface area contributed by atoms with Gasteiger partial charge in [0, 0.05) is 29.6 Å². The van der Waals surface area contributed by atoms with E-state index < -0.39 is 0 Å². The second-order valence-corrected chi connectivity index (χ2v) is 5.94. The van der Waals surface area contributed by atoms with Crippen LogP contribution in [0.3, 0.4) is 0 Å². The van der Waals surface area contributed by atoms with Gasteiger partial charge in [0.25, 0.3) is 0 Å². The number of pyridine rings is 1. The highest BCUT2D eigenvalue weighted by atomic mass is 19.1. The summed E-state index contributed by atoms with van der Waals surface area (Å²) in [5.74, 6) is 0.564. The maximum absolute atomic E-state index is 13.8. The van der Waals surface area contributed by atoms with Crippen LogP contribution in [0.25, 0.3) is 11.4 Å². The van der Waals surface area contributed by atoms with E-state index >= 15 is 0 Å². The molecule has 0 aliphatic carbocycles. The Balaban J connectivity index is 2.00. The van der Waals surface area contributed by atoms with Gasteiger partial charge in [-0.3, -0.25) is 4.98 Å². The lowest BCUT2D eigenvalue weighted by molar-refractivity contribution is 0.281. The summed E-state index contributed by atoms with van der Waals surface area (Å²) in [4.78, 5) is 13.2. The summed E-state index contributed by atoms with van der Waals surface area (Å²) in [5.41, 5.74) is 2.43. The van der Waals surface area contributed by atoms with Gasteiger partial charge in [0.2, 0.25) is 5.95 Å². The molecule has 26 heavy (non-hydrogen) atoms. The topological polar surface area (TPSA) is 83.0 Å². The van der Waals surface area contributed by atoms with Crippen molar-refractivity contribution in [2.75, 3.05) is 17.2 Å². The highest BCUT2D eigenvalue weighted by Crippen LogP contribution is 2.25. The Labute approximate surface area is 151 Å². The maximum Gasteiger partial charge on any atom is 0.225 e. The summed E-state index contributed by atoms with van der Waals surface area (Å²) in [6.45, 7) is 3.47. The Morgan fingerprint density at radius 3 is 2.69 bits per heavy atom. The lowest BCUT2D eigenvalue weighted by atomic mass is 10.2. The van der Waals surface area contributed by atoms with Crippen LogP contribution in [0.2, 0.25) is 0 Å². The molecule has 3 rings (SSSR count). The third-order valence-electron chi connectivity index (χ3n) is 3.83. The zero-order valence-electron chi connectivity index (χ0n) is 14.6. The van der Waals surface area contributed by atoms with Gasteiger partial charge in [-0.1, -0.05) is 12.1 Å². The quantitative estimate of drug-likeness (QED) is 0.629. The normalized spacial score (nSPS) is 11.8. The van der Waals surface area contributed by atoms with E-state index in [-0.39, 0.29) is 18.5 Å². The molecule has 1 atom stereocenters. The van der Waals surface area contributed by atoms with Crippen LogP contribution in [-0.4, -0.2) is 32.7 Å². The first-order valence-electron chi connectivity index (χ1n) is 8.27. The van der Waals surface area contributed by atoms with E-state index in [0.717, 1.165) is 0 Å².